The molecule has 0 bridgehead atoms. The van der Waals surface area contributed by atoms with Crippen LogP contribution >= 0.6 is 0 Å². The molecular weight excluding hydrogens is 144 g/mol. The lowest BCUT2D eigenvalue weighted by atomic mass is 10.1. The molecule has 11 heavy (non-hydrogen) atoms. The minimum atomic E-state index is -0.566. The van der Waals surface area contributed by atoms with Gasteiger partial charge < -0.3 is 14.9 Å². The first-order valence-electron chi connectivity index (χ1n) is 4.21. The predicted octanol–water partition coefficient (Wildman–Crippen LogP) is 0.297. The maximum absolute atomic E-state index is 9.29. The maximum Gasteiger partial charge on any atom is 0.0810 e. The van der Waals surface area contributed by atoms with Gasteiger partial charge in [-0.2, -0.15) is 0 Å². The lowest BCUT2D eigenvalue weighted by Gasteiger charge is -2.14. The van der Waals surface area contributed by atoms with Gasteiger partial charge in [0.25, 0.3) is 0 Å². The first kappa shape index (κ1) is 8.97. The Morgan fingerprint density at radius 1 is 1.45 bits per heavy atom. The van der Waals surface area contributed by atoms with Crippen LogP contribution in [0.15, 0.2) is 0 Å². The highest BCUT2D eigenvalue weighted by Crippen LogP contribution is 2.17. The number of aliphatic hydroxyl groups is 2. The molecule has 3 atom stereocenters. The molecule has 3 unspecified atom stereocenters. The molecule has 0 spiro atoms. The number of aliphatic hydroxyl groups excluding tert-OH is 2. The highest BCUT2D eigenvalue weighted by molar-refractivity contribution is 4.73. The summed E-state index contributed by atoms with van der Waals surface area (Å²) in [5.74, 6) is 0. The molecule has 0 aromatic rings. The minimum Gasteiger partial charge on any atom is -0.390 e. The van der Waals surface area contributed by atoms with Crippen molar-refractivity contribution >= 4 is 0 Å². The van der Waals surface area contributed by atoms with Crippen molar-refractivity contribution in [2.45, 2.75) is 44.5 Å². The van der Waals surface area contributed by atoms with Crippen LogP contribution < -0.4 is 0 Å². The molecule has 3 nitrogen and oxygen atoms in total. The van der Waals surface area contributed by atoms with Gasteiger partial charge in [0.2, 0.25) is 0 Å². The molecule has 3 heteroatoms. The lowest BCUT2D eigenvalue weighted by molar-refractivity contribution is 0.0107. The third-order valence-electron chi connectivity index (χ3n) is 2.05. The summed E-state index contributed by atoms with van der Waals surface area (Å²) < 4.78 is 4.98. The van der Waals surface area contributed by atoms with Crippen LogP contribution in [-0.4, -0.2) is 35.1 Å². The molecule has 0 radical (unpaired) electrons. The average molecular weight is 160 g/mol. The molecule has 1 aliphatic rings. The highest BCUT2D eigenvalue weighted by atomic mass is 16.6. The number of hydrogen-bond donors (Lipinski definition) is 2. The van der Waals surface area contributed by atoms with Crippen molar-refractivity contribution in [3.63, 3.8) is 0 Å². The van der Waals surface area contributed by atoms with Gasteiger partial charge in [0, 0.05) is 0 Å². The van der Waals surface area contributed by atoms with Crippen LogP contribution in [0.3, 0.4) is 0 Å². The molecule has 0 aliphatic carbocycles. The van der Waals surface area contributed by atoms with Gasteiger partial charge in [-0.1, -0.05) is 6.92 Å². The van der Waals surface area contributed by atoms with Gasteiger partial charge in [-0.15, -0.1) is 0 Å². The van der Waals surface area contributed by atoms with Crippen LogP contribution in [0.25, 0.3) is 0 Å². The summed E-state index contributed by atoms with van der Waals surface area (Å²) in [6, 6.07) is 0. The summed E-state index contributed by atoms with van der Waals surface area (Å²) in [6.45, 7) is 2.69. The van der Waals surface area contributed by atoms with Gasteiger partial charge in [-0.25, -0.2) is 0 Å². The van der Waals surface area contributed by atoms with Crippen LogP contribution in [0, 0.1) is 0 Å². The molecule has 2 N–H and O–H groups in total. The van der Waals surface area contributed by atoms with Crippen LogP contribution in [0.2, 0.25) is 0 Å². The van der Waals surface area contributed by atoms with Crippen molar-refractivity contribution in [2.75, 3.05) is 6.61 Å². The number of epoxide rings is 1. The second-order valence-electron chi connectivity index (χ2n) is 3.08. The normalized spacial score (nSPS) is 28.1. The highest BCUT2D eigenvalue weighted by Gasteiger charge is 2.24. The first-order chi connectivity index (χ1) is 5.24. The van der Waals surface area contributed by atoms with Crippen molar-refractivity contribution in [1.82, 2.24) is 0 Å². The lowest BCUT2D eigenvalue weighted by Crippen LogP contribution is -2.25. The Kier molecular flexibility index (Phi) is 3.30. The standard InChI is InChI=1S/C8H16O3/c1-2-7(9)8(10)4-3-6-5-11-6/h6-10H,2-5H2,1H3. The zero-order valence-corrected chi connectivity index (χ0v) is 6.86. The third kappa shape index (κ3) is 3.18. The van der Waals surface area contributed by atoms with E-state index in [4.69, 9.17) is 9.84 Å². The fraction of sp³-hybridized carbons (Fsp3) is 1.00. The van der Waals surface area contributed by atoms with Crippen LogP contribution in [0.1, 0.15) is 26.2 Å². The summed E-state index contributed by atoms with van der Waals surface area (Å²) in [6.07, 6.45) is 1.37. The molecule has 0 saturated carbocycles. The second-order valence-corrected chi connectivity index (χ2v) is 3.08. The molecule has 0 aromatic heterocycles. The predicted molar refractivity (Wildman–Crippen MR) is 41.3 cm³/mol. The van der Waals surface area contributed by atoms with E-state index in [1.54, 1.807) is 0 Å². The molecule has 1 aliphatic heterocycles. The Bertz CT molecular complexity index is 112. The van der Waals surface area contributed by atoms with Crippen LogP contribution in [-0.2, 0) is 4.74 Å². The minimum absolute atomic E-state index is 0.355. The zero-order valence-electron chi connectivity index (χ0n) is 6.86. The van der Waals surface area contributed by atoms with E-state index >= 15 is 0 Å². The Morgan fingerprint density at radius 3 is 2.55 bits per heavy atom. The smallest absolute Gasteiger partial charge is 0.0810 e. The molecule has 1 fully saturated rings. The fourth-order valence-corrected chi connectivity index (χ4v) is 1.06. The summed E-state index contributed by atoms with van der Waals surface area (Å²) in [4.78, 5) is 0. The van der Waals surface area contributed by atoms with Gasteiger partial charge >= 0.3 is 0 Å². The van der Waals surface area contributed by atoms with E-state index in [9.17, 15) is 5.11 Å². The molecule has 1 rings (SSSR count). The van der Waals surface area contributed by atoms with E-state index in [1.807, 2.05) is 6.92 Å². The summed E-state index contributed by atoms with van der Waals surface area (Å²) in [7, 11) is 0. The van der Waals surface area contributed by atoms with Crippen molar-refractivity contribution in [2.24, 2.45) is 0 Å². The van der Waals surface area contributed by atoms with Crippen molar-refractivity contribution < 1.29 is 14.9 Å². The fourth-order valence-electron chi connectivity index (χ4n) is 1.06. The molecule has 0 amide bonds. The van der Waals surface area contributed by atoms with Gasteiger partial charge in [0.15, 0.2) is 0 Å². The first-order valence-corrected chi connectivity index (χ1v) is 4.21. The summed E-state index contributed by atoms with van der Waals surface area (Å²) in [5, 5.41) is 18.5. The van der Waals surface area contributed by atoms with E-state index in [0.717, 1.165) is 13.0 Å². The van der Waals surface area contributed by atoms with Crippen molar-refractivity contribution in [3.8, 4) is 0 Å². The molecule has 1 saturated heterocycles. The maximum atomic E-state index is 9.29. The van der Waals surface area contributed by atoms with Gasteiger partial charge in [0.05, 0.1) is 24.9 Å². The van der Waals surface area contributed by atoms with Gasteiger partial charge in [-0.05, 0) is 19.3 Å². The van der Waals surface area contributed by atoms with Gasteiger partial charge in [0.1, 0.15) is 0 Å². The SMILES string of the molecule is CCC(O)C(O)CCC1CO1. The molecule has 66 valence electrons. The average Bonchev–Trinajstić information content (AvgIpc) is 2.81. The van der Waals surface area contributed by atoms with E-state index in [-0.39, 0.29) is 0 Å². The van der Waals surface area contributed by atoms with E-state index in [0.29, 0.717) is 18.9 Å². The summed E-state index contributed by atoms with van der Waals surface area (Å²) in [5.41, 5.74) is 0. The third-order valence-corrected chi connectivity index (χ3v) is 2.05. The van der Waals surface area contributed by atoms with Crippen LogP contribution in [0.5, 0.6) is 0 Å². The van der Waals surface area contributed by atoms with Gasteiger partial charge in [-0.3, -0.25) is 0 Å². The van der Waals surface area contributed by atoms with Crippen molar-refractivity contribution in [3.05, 3.63) is 0 Å². The monoisotopic (exact) mass is 160 g/mol. The largest absolute Gasteiger partial charge is 0.390 e. The molecular formula is C8H16O3. The quantitative estimate of drug-likeness (QED) is 0.569. The van der Waals surface area contributed by atoms with Crippen molar-refractivity contribution in [1.29, 1.82) is 0 Å². The second kappa shape index (κ2) is 4.04. The topological polar surface area (TPSA) is 53.0 Å². The summed E-state index contributed by atoms with van der Waals surface area (Å²) >= 11 is 0. The molecule has 0 aromatic carbocycles. The van der Waals surface area contributed by atoms with E-state index < -0.39 is 12.2 Å². The zero-order chi connectivity index (χ0) is 8.27. The van der Waals surface area contributed by atoms with E-state index in [1.165, 1.54) is 0 Å². The number of rotatable bonds is 5. The Hall–Kier alpha value is -0.120. The Morgan fingerprint density at radius 2 is 2.09 bits per heavy atom. The van der Waals surface area contributed by atoms with Crippen LogP contribution in [0.4, 0.5) is 0 Å². The van der Waals surface area contributed by atoms with E-state index in [2.05, 4.69) is 0 Å². The number of hydrogen-bond acceptors (Lipinski definition) is 3. The Balaban J connectivity index is 2.03. The Labute approximate surface area is 67.0 Å². The molecule has 1 heterocycles. The number of ether oxygens (including phenoxy) is 1.